The predicted molar refractivity (Wildman–Crippen MR) is 118 cm³/mol. The maximum atomic E-state index is 12.1. The minimum atomic E-state index is -0.132. The summed E-state index contributed by atoms with van der Waals surface area (Å²) in [4.78, 5) is 24.0. The van der Waals surface area contributed by atoms with Gasteiger partial charge in [0, 0.05) is 30.8 Å². The number of carbonyl (C=O) groups excluding carboxylic acids is 1. The molecular weight excluding hydrogens is 396 g/mol. The van der Waals surface area contributed by atoms with Crippen molar-refractivity contribution in [3.63, 3.8) is 0 Å². The first-order valence-corrected chi connectivity index (χ1v) is 11.4. The Morgan fingerprint density at radius 1 is 1.10 bits per heavy atom. The fraction of sp³-hybridized carbons (Fsp3) is 0.348. The highest BCUT2D eigenvalue weighted by Crippen LogP contribution is 2.29. The molecule has 6 nitrogen and oxygen atoms in total. The Bertz CT molecular complexity index is 1030. The van der Waals surface area contributed by atoms with Gasteiger partial charge in [0.05, 0.1) is 11.4 Å². The number of aromatic nitrogens is 2. The number of nitrogens with one attached hydrogen (secondary N) is 1. The minimum Gasteiger partial charge on any atom is -0.455 e. The van der Waals surface area contributed by atoms with Gasteiger partial charge in [-0.15, -0.1) is 0 Å². The second kappa shape index (κ2) is 8.52. The third-order valence-electron chi connectivity index (χ3n) is 5.33. The Kier molecular flexibility index (Phi) is 5.45. The first-order chi connectivity index (χ1) is 14.7. The van der Waals surface area contributed by atoms with Crippen LogP contribution in [0.1, 0.15) is 42.0 Å². The number of benzene rings is 1. The van der Waals surface area contributed by atoms with E-state index < -0.39 is 0 Å². The van der Waals surface area contributed by atoms with Crippen molar-refractivity contribution in [1.82, 2.24) is 15.3 Å². The molecule has 1 saturated carbocycles. The highest BCUT2D eigenvalue weighted by Gasteiger charge is 2.25. The van der Waals surface area contributed by atoms with E-state index in [9.17, 15) is 4.79 Å². The van der Waals surface area contributed by atoms with E-state index in [2.05, 4.69) is 28.4 Å². The summed E-state index contributed by atoms with van der Waals surface area (Å²) in [5.41, 5.74) is 2.01. The topological polar surface area (TPSA) is 71.3 Å². The largest absolute Gasteiger partial charge is 0.455 e. The molecule has 1 aromatic carbocycles. The Morgan fingerprint density at radius 2 is 1.90 bits per heavy atom. The summed E-state index contributed by atoms with van der Waals surface area (Å²) >= 11 is 1.53. The third kappa shape index (κ3) is 4.51. The van der Waals surface area contributed by atoms with Crippen molar-refractivity contribution in [2.24, 2.45) is 0 Å². The Labute approximate surface area is 180 Å². The fourth-order valence-corrected chi connectivity index (χ4v) is 4.29. The van der Waals surface area contributed by atoms with Crippen molar-refractivity contribution >= 4 is 23.5 Å². The van der Waals surface area contributed by atoms with Crippen molar-refractivity contribution in [1.29, 1.82) is 0 Å². The number of hydrogen-bond donors (Lipinski definition) is 1. The Morgan fingerprint density at radius 3 is 2.67 bits per heavy atom. The van der Waals surface area contributed by atoms with Gasteiger partial charge in [0.1, 0.15) is 11.6 Å². The van der Waals surface area contributed by atoms with Crippen molar-refractivity contribution in [3.8, 4) is 11.3 Å². The summed E-state index contributed by atoms with van der Waals surface area (Å²) in [5, 5.41) is 3.67. The van der Waals surface area contributed by atoms with Crippen LogP contribution < -0.4 is 10.2 Å². The van der Waals surface area contributed by atoms with Crippen LogP contribution in [0.15, 0.2) is 58.1 Å². The molecule has 5 rings (SSSR count). The zero-order chi connectivity index (χ0) is 20.3. The predicted octanol–water partition coefficient (Wildman–Crippen LogP) is 4.52. The van der Waals surface area contributed by atoms with Gasteiger partial charge in [-0.1, -0.05) is 42.1 Å². The lowest BCUT2D eigenvalue weighted by molar-refractivity contribution is 0.0922. The van der Waals surface area contributed by atoms with Crippen LogP contribution in [0, 0.1) is 0 Å². The molecule has 1 amide bonds. The van der Waals surface area contributed by atoms with E-state index >= 15 is 0 Å². The molecule has 1 saturated heterocycles. The van der Waals surface area contributed by atoms with E-state index in [1.165, 1.54) is 24.6 Å². The van der Waals surface area contributed by atoms with Crippen LogP contribution in [0.5, 0.6) is 0 Å². The first-order valence-electron chi connectivity index (χ1n) is 10.5. The lowest BCUT2D eigenvalue weighted by atomic mass is 10.1. The summed E-state index contributed by atoms with van der Waals surface area (Å²) in [7, 11) is 0. The Hall–Kier alpha value is -2.80. The van der Waals surface area contributed by atoms with Crippen LogP contribution in [-0.2, 0) is 5.75 Å². The molecule has 0 unspecified atom stereocenters. The monoisotopic (exact) mass is 420 g/mol. The zero-order valence-electron chi connectivity index (χ0n) is 16.7. The summed E-state index contributed by atoms with van der Waals surface area (Å²) in [6.07, 6.45) is 4.52. The standard InChI is InChI=1S/C23H24N4O2S/c28-22(24-17-8-9-17)20-11-10-18(29-20)15-30-23-25-19(16-6-2-1-3-7-16)14-21(26-23)27-12-4-5-13-27/h1-3,6-7,10-11,14,17H,4-5,8-9,12-13,15H2,(H,24,28). The molecule has 0 radical (unpaired) electrons. The van der Waals surface area contributed by atoms with Gasteiger partial charge in [0.15, 0.2) is 10.9 Å². The molecule has 2 fully saturated rings. The number of carbonyl (C=O) groups is 1. The molecular formula is C23H24N4O2S. The molecule has 3 aromatic rings. The molecule has 0 bridgehead atoms. The highest BCUT2D eigenvalue weighted by atomic mass is 32.2. The fourth-order valence-electron chi connectivity index (χ4n) is 3.54. The van der Waals surface area contributed by atoms with E-state index in [1.54, 1.807) is 6.07 Å². The number of rotatable bonds is 7. The van der Waals surface area contributed by atoms with Gasteiger partial charge in [-0.25, -0.2) is 9.97 Å². The highest BCUT2D eigenvalue weighted by molar-refractivity contribution is 7.98. The van der Waals surface area contributed by atoms with E-state index in [-0.39, 0.29) is 5.91 Å². The molecule has 0 atom stereocenters. The molecule has 1 N–H and O–H groups in total. The third-order valence-corrected chi connectivity index (χ3v) is 6.20. The van der Waals surface area contributed by atoms with E-state index in [0.717, 1.165) is 53.9 Å². The zero-order valence-corrected chi connectivity index (χ0v) is 17.5. The molecule has 1 aliphatic heterocycles. The molecule has 2 aromatic heterocycles. The summed E-state index contributed by atoms with van der Waals surface area (Å²) in [6.45, 7) is 2.07. The molecule has 154 valence electrons. The Balaban J connectivity index is 1.33. The molecule has 2 aliphatic rings. The van der Waals surface area contributed by atoms with Crippen molar-refractivity contribution < 1.29 is 9.21 Å². The maximum absolute atomic E-state index is 12.1. The molecule has 30 heavy (non-hydrogen) atoms. The minimum absolute atomic E-state index is 0.132. The maximum Gasteiger partial charge on any atom is 0.287 e. The number of anilines is 1. The quantitative estimate of drug-likeness (QED) is 0.448. The van der Waals surface area contributed by atoms with E-state index in [4.69, 9.17) is 14.4 Å². The first kappa shape index (κ1) is 19.2. The molecule has 7 heteroatoms. The van der Waals surface area contributed by atoms with Gasteiger partial charge < -0.3 is 14.6 Å². The number of thioether (sulfide) groups is 1. The van der Waals surface area contributed by atoms with Crippen LogP contribution in [0.25, 0.3) is 11.3 Å². The average molecular weight is 421 g/mol. The second-order valence-corrected chi connectivity index (χ2v) is 8.70. The van der Waals surface area contributed by atoms with Gasteiger partial charge in [-0.2, -0.15) is 0 Å². The number of hydrogen-bond acceptors (Lipinski definition) is 6. The number of furan rings is 1. The van der Waals surface area contributed by atoms with Crippen molar-refractivity contribution in [3.05, 3.63) is 60.1 Å². The number of nitrogens with zero attached hydrogens (tertiary/aromatic N) is 3. The van der Waals surface area contributed by atoms with Crippen LogP contribution in [0.4, 0.5) is 5.82 Å². The smallest absolute Gasteiger partial charge is 0.287 e. The SMILES string of the molecule is O=C(NC1CC1)c1ccc(CSc2nc(-c3ccccc3)cc(N3CCCC3)n2)o1. The van der Waals surface area contributed by atoms with Crippen LogP contribution in [-0.4, -0.2) is 35.0 Å². The number of amides is 1. The van der Waals surface area contributed by atoms with Crippen molar-refractivity contribution in [2.45, 2.75) is 42.6 Å². The van der Waals surface area contributed by atoms with Gasteiger partial charge in [0.2, 0.25) is 0 Å². The molecule has 0 spiro atoms. The van der Waals surface area contributed by atoms with Crippen molar-refractivity contribution in [2.75, 3.05) is 18.0 Å². The normalized spacial score (nSPS) is 16.1. The lowest BCUT2D eigenvalue weighted by Crippen LogP contribution is -2.24. The summed E-state index contributed by atoms with van der Waals surface area (Å²) in [5.74, 6) is 2.54. The average Bonchev–Trinajstić information content (AvgIpc) is 3.23. The summed E-state index contributed by atoms with van der Waals surface area (Å²) in [6, 6.07) is 16.2. The lowest BCUT2D eigenvalue weighted by Gasteiger charge is -2.18. The van der Waals surface area contributed by atoms with Gasteiger partial charge >= 0.3 is 0 Å². The van der Waals surface area contributed by atoms with Gasteiger partial charge in [0.25, 0.3) is 5.91 Å². The van der Waals surface area contributed by atoms with Gasteiger partial charge in [-0.05, 0) is 37.8 Å². The second-order valence-electron chi connectivity index (χ2n) is 7.76. The van der Waals surface area contributed by atoms with E-state index in [0.29, 0.717) is 17.6 Å². The van der Waals surface area contributed by atoms with Crippen LogP contribution in [0.2, 0.25) is 0 Å². The van der Waals surface area contributed by atoms with Gasteiger partial charge in [-0.3, -0.25) is 4.79 Å². The van der Waals surface area contributed by atoms with Crippen LogP contribution in [0.3, 0.4) is 0 Å². The van der Waals surface area contributed by atoms with E-state index in [1.807, 2.05) is 24.3 Å². The van der Waals surface area contributed by atoms with Crippen LogP contribution >= 0.6 is 11.8 Å². The molecule has 1 aliphatic carbocycles. The molecule has 3 heterocycles. The summed E-state index contributed by atoms with van der Waals surface area (Å²) < 4.78 is 5.74.